The van der Waals surface area contributed by atoms with Crippen molar-refractivity contribution in [2.24, 2.45) is 5.92 Å². The molecular formula is C11H14BrN3O4. The third-order valence-corrected chi connectivity index (χ3v) is 3.24. The summed E-state index contributed by atoms with van der Waals surface area (Å²) in [6.07, 6.45) is 2.62. The minimum absolute atomic E-state index is 0.145. The van der Waals surface area contributed by atoms with Gasteiger partial charge in [-0.1, -0.05) is 6.92 Å². The highest BCUT2D eigenvalue weighted by molar-refractivity contribution is 9.10. The van der Waals surface area contributed by atoms with Crippen LogP contribution in [-0.4, -0.2) is 34.1 Å². The highest BCUT2D eigenvalue weighted by atomic mass is 79.9. The van der Waals surface area contributed by atoms with Gasteiger partial charge in [-0.05, 0) is 22.9 Å². The van der Waals surface area contributed by atoms with Gasteiger partial charge in [-0.2, -0.15) is 0 Å². The fourth-order valence-electron chi connectivity index (χ4n) is 1.65. The Labute approximate surface area is 118 Å². The molecule has 1 heterocycles. The summed E-state index contributed by atoms with van der Waals surface area (Å²) in [6, 6.07) is 0. The molecule has 1 N–H and O–H groups in total. The van der Waals surface area contributed by atoms with Gasteiger partial charge in [0, 0.05) is 19.3 Å². The molecule has 0 aliphatic carbocycles. The summed E-state index contributed by atoms with van der Waals surface area (Å²) in [5.41, 5.74) is 0.212. The number of aromatic nitrogens is 1. The molecule has 0 aliphatic heterocycles. The summed E-state index contributed by atoms with van der Waals surface area (Å²) < 4.78 is 0.473. The van der Waals surface area contributed by atoms with E-state index in [1.54, 1.807) is 11.8 Å². The number of nitro groups is 1. The third-order valence-electron chi connectivity index (χ3n) is 2.66. The van der Waals surface area contributed by atoms with Gasteiger partial charge in [-0.25, -0.2) is 0 Å². The van der Waals surface area contributed by atoms with Crippen molar-refractivity contribution in [2.45, 2.75) is 13.8 Å². The van der Waals surface area contributed by atoms with E-state index in [1.807, 2.05) is 6.92 Å². The van der Waals surface area contributed by atoms with Crippen LogP contribution >= 0.6 is 15.9 Å². The van der Waals surface area contributed by atoms with Crippen LogP contribution in [0.15, 0.2) is 16.9 Å². The van der Waals surface area contributed by atoms with Crippen LogP contribution < -0.4 is 4.90 Å². The van der Waals surface area contributed by atoms with E-state index in [0.717, 1.165) is 6.20 Å². The summed E-state index contributed by atoms with van der Waals surface area (Å²) in [5.74, 6) is -1.56. The van der Waals surface area contributed by atoms with E-state index in [2.05, 4.69) is 20.9 Å². The number of hydrogen-bond donors (Lipinski definition) is 1. The first-order valence-corrected chi connectivity index (χ1v) is 6.43. The molecular weight excluding hydrogens is 318 g/mol. The lowest BCUT2D eigenvalue weighted by atomic mass is 10.1. The van der Waals surface area contributed by atoms with E-state index < -0.39 is 16.8 Å². The third kappa shape index (κ3) is 3.63. The first-order chi connectivity index (χ1) is 8.88. The smallest absolute Gasteiger partial charge is 0.311 e. The first-order valence-electron chi connectivity index (χ1n) is 5.64. The fraction of sp³-hybridized carbons (Fsp3) is 0.455. The maximum atomic E-state index is 11.0. The van der Waals surface area contributed by atoms with Crippen LogP contribution in [0.25, 0.3) is 0 Å². The Balaban J connectivity index is 3.17. The van der Waals surface area contributed by atoms with E-state index in [1.165, 1.54) is 6.20 Å². The molecule has 1 rings (SSSR count). The molecule has 0 saturated heterocycles. The lowest BCUT2D eigenvalue weighted by Crippen LogP contribution is -2.32. The zero-order valence-electron chi connectivity index (χ0n) is 10.5. The summed E-state index contributed by atoms with van der Waals surface area (Å²) in [7, 11) is 0. The second-order valence-corrected chi connectivity index (χ2v) is 4.88. The largest absolute Gasteiger partial charge is 0.481 e. The zero-order valence-corrected chi connectivity index (χ0v) is 12.1. The van der Waals surface area contributed by atoms with Crippen LogP contribution in [0.5, 0.6) is 0 Å². The van der Waals surface area contributed by atoms with Crippen LogP contribution in [0, 0.1) is 16.0 Å². The first kappa shape index (κ1) is 15.4. The van der Waals surface area contributed by atoms with E-state index in [4.69, 9.17) is 5.11 Å². The topological polar surface area (TPSA) is 96.6 Å². The molecule has 1 atom stereocenters. The molecule has 19 heavy (non-hydrogen) atoms. The highest BCUT2D eigenvalue weighted by Crippen LogP contribution is 2.34. The maximum absolute atomic E-state index is 11.0. The van der Waals surface area contributed by atoms with E-state index in [9.17, 15) is 14.9 Å². The van der Waals surface area contributed by atoms with Crippen molar-refractivity contribution in [1.82, 2.24) is 4.98 Å². The number of halogens is 1. The number of carboxylic acid groups (broad SMARTS) is 1. The Morgan fingerprint density at radius 2 is 2.26 bits per heavy atom. The lowest BCUT2D eigenvalue weighted by Gasteiger charge is -2.25. The molecule has 0 saturated carbocycles. The molecule has 1 aromatic heterocycles. The predicted octanol–water partition coefficient (Wildman–Crippen LogP) is 2.30. The molecule has 8 heteroatoms. The van der Waals surface area contributed by atoms with Crippen molar-refractivity contribution in [3.05, 3.63) is 27.0 Å². The molecule has 1 unspecified atom stereocenters. The number of rotatable bonds is 6. The molecule has 0 fully saturated rings. The van der Waals surface area contributed by atoms with Crippen LogP contribution in [0.2, 0.25) is 0 Å². The van der Waals surface area contributed by atoms with E-state index in [0.29, 0.717) is 16.7 Å². The molecule has 7 nitrogen and oxygen atoms in total. The fourth-order valence-corrected chi connectivity index (χ4v) is 2.22. The number of pyridine rings is 1. The van der Waals surface area contributed by atoms with Crippen LogP contribution in [0.3, 0.4) is 0 Å². The van der Waals surface area contributed by atoms with Gasteiger partial charge >= 0.3 is 11.7 Å². The summed E-state index contributed by atoms with van der Waals surface area (Å²) in [5, 5.41) is 20.0. The molecule has 0 bridgehead atoms. The standard InChI is InChI=1S/C11H14BrN3O4/c1-3-14(6-7(2)11(16)17)10-8(12)4-13-5-9(10)15(18)19/h4-5,7H,3,6H2,1-2H3,(H,16,17). The van der Waals surface area contributed by atoms with Crippen molar-refractivity contribution in [3.63, 3.8) is 0 Å². The molecule has 1 aromatic rings. The van der Waals surface area contributed by atoms with Gasteiger partial charge in [0.25, 0.3) is 0 Å². The Bertz CT molecular complexity index is 495. The SMILES string of the molecule is CCN(CC(C)C(=O)O)c1c(Br)cncc1[N+](=O)[O-]. The van der Waals surface area contributed by atoms with Crippen molar-refractivity contribution < 1.29 is 14.8 Å². The quantitative estimate of drug-likeness (QED) is 0.634. The Morgan fingerprint density at radius 1 is 1.63 bits per heavy atom. The van der Waals surface area contributed by atoms with Gasteiger partial charge in [-0.3, -0.25) is 19.9 Å². The van der Waals surface area contributed by atoms with Crippen molar-refractivity contribution in [3.8, 4) is 0 Å². The van der Waals surface area contributed by atoms with Gasteiger partial charge in [-0.15, -0.1) is 0 Å². The average Bonchev–Trinajstić information content (AvgIpc) is 2.35. The Hall–Kier alpha value is -1.70. The molecule has 0 aromatic carbocycles. The Morgan fingerprint density at radius 3 is 2.74 bits per heavy atom. The van der Waals surface area contributed by atoms with Crippen molar-refractivity contribution in [2.75, 3.05) is 18.0 Å². The number of hydrogen-bond acceptors (Lipinski definition) is 5. The van der Waals surface area contributed by atoms with Gasteiger partial charge in [0.1, 0.15) is 11.9 Å². The van der Waals surface area contributed by atoms with Gasteiger partial charge in [0.2, 0.25) is 0 Å². The van der Waals surface area contributed by atoms with E-state index >= 15 is 0 Å². The molecule has 0 amide bonds. The zero-order chi connectivity index (χ0) is 14.6. The van der Waals surface area contributed by atoms with Crippen LogP contribution in [0.1, 0.15) is 13.8 Å². The molecule has 0 aliphatic rings. The van der Waals surface area contributed by atoms with Gasteiger partial charge < -0.3 is 10.0 Å². The lowest BCUT2D eigenvalue weighted by molar-refractivity contribution is -0.384. The highest BCUT2D eigenvalue weighted by Gasteiger charge is 2.25. The number of anilines is 1. The van der Waals surface area contributed by atoms with Crippen LogP contribution in [-0.2, 0) is 4.79 Å². The predicted molar refractivity (Wildman–Crippen MR) is 73.3 cm³/mol. The summed E-state index contributed by atoms with van der Waals surface area (Å²) in [4.78, 5) is 26.8. The normalized spacial score (nSPS) is 11.9. The molecule has 0 radical (unpaired) electrons. The van der Waals surface area contributed by atoms with Crippen molar-refractivity contribution in [1.29, 1.82) is 0 Å². The summed E-state index contributed by atoms with van der Waals surface area (Å²) >= 11 is 3.23. The summed E-state index contributed by atoms with van der Waals surface area (Å²) in [6.45, 7) is 4.02. The van der Waals surface area contributed by atoms with Crippen molar-refractivity contribution >= 4 is 33.3 Å². The number of carbonyl (C=O) groups is 1. The van der Waals surface area contributed by atoms with Gasteiger partial charge in [0.05, 0.1) is 15.3 Å². The number of carboxylic acids is 1. The molecule has 0 spiro atoms. The minimum atomic E-state index is -0.939. The van der Waals surface area contributed by atoms with Crippen LogP contribution in [0.4, 0.5) is 11.4 Å². The van der Waals surface area contributed by atoms with E-state index in [-0.39, 0.29) is 12.2 Å². The second-order valence-electron chi connectivity index (χ2n) is 4.02. The average molecular weight is 332 g/mol. The second kappa shape index (κ2) is 6.46. The monoisotopic (exact) mass is 331 g/mol. The van der Waals surface area contributed by atoms with Gasteiger partial charge in [0.15, 0.2) is 0 Å². The maximum Gasteiger partial charge on any atom is 0.311 e. The minimum Gasteiger partial charge on any atom is -0.481 e. The number of nitrogens with zero attached hydrogens (tertiary/aromatic N) is 3. The Kier molecular flexibility index (Phi) is 5.22. The number of aliphatic carboxylic acids is 1. The molecule has 104 valence electrons.